The van der Waals surface area contributed by atoms with Crippen molar-refractivity contribution in [1.82, 2.24) is 5.16 Å². The quantitative estimate of drug-likeness (QED) is 0.646. The fourth-order valence-corrected chi connectivity index (χ4v) is 2.42. The monoisotopic (exact) mass is 386 g/mol. The number of phenolic OH excluding ortho intramolecular Hbond substituents is 1. The molecule has 0 saturated carbocycles. The van der Waals surface area contributed by atoms with Crippen molar-refractivity contribution in [3.8, 4) is 17.0 Å². The molecule has 0 radical (unpaired) electrons. The minimum absolute atomic E-state index is 0.0893. The zero-order valence-electron chi connectivity index (χ0n) is 14.2. The van der Waals surface area contributed by atoms with E-state index in [0.717, 1.165) is 11.1 Å². The Morgan fingerprint density at radius 3 is 2.63 bits per heavy atom. The van der Waals surface area contributed by atoms with Gasteiger partial charge in [-0.1, -0.05) is 46.6 Å². The first kappa shape index (κ1) is 18.5. The number of hydrogen-bond donors (Lipinski definition) is 2. The molecule has 0 unspecified atom stereocenters. The van der Waals surface area contributed by atoms with Crippen molar-refractivity contribution < 1.29 is 24.0 Å². The Bertz CT molecular complexity index is 982. The van der Waals surface area contributed by atoms with Crippen LogP contribution in [0.15, 0.2) is 53.1 Å². The molecular weight excluding hydrogens is 372 g/mol. The molecule has 0 saturated heterocycles. The first-order valence-corrected chi connectivity index (χ1v) is 8.29. The Labute approximate surface area is 159 Å². The lowest BCUT2D eigenvalue weighted by molar-refractivity contribution is -0.119. The van der Waals surface area contributed by atoms with E-state index in [-0.39, 0.29) is 22.2 Å². The van der Waals surface area contributed by atoms with E-state index in [2.05, 4.69) is 10.5 Å². The fourth-order valence-electron chi connectivity index (χ4n) is 2.25. The lowest BCUT2D eigenvalue weighted by Crippen LogP contribution is -2.20. The predicted octanol–water partition coefficient (Wildman–Crippen LogP) is 3.80. The highest BCUT2D eigenvalue weighted by Gasteiger charge is 2.16. The number of ether oxygens (including phenoxy) is 1. The van der Waals surface area contributed by atoms with Gasteiger partial charge in [0.15, 0.2) is 6.61 Å². The third-order valence-electron chi connectivity index (χ3n) is 3.63. The summed E-state index contributed by atoms with van der Waals surface area (Å²) in [6, 6.07) is 13.2. The van der Waals surface area contributed by atoms with Gasteiger partial charge in [0.05, 0.1) is 0 Å². The fraction of sp³-hybridized carbons (Fsp3) is 0.105. The van der Waals surface area contributed by atoms with Crippen LogP contribution in [-0.4, -0.2) is 28.7 Å². The molecule has 1 heterocycles. The summed E-state index contributed by atoms with van der Waals surface area (Å²) in [6.07, 6.45) is 0. The summed E-state index contributed by atoms with van der Waals surface area (Å²) in [5.74, 6) is -1.66. The molecule has 0 aliphatic rings. The number of carbonyl (C=O) groups is 2. The van der Waals surface area contributed by atoms with Crippen LogP contribution < -0.4 is 5.32 Å². The Balaban J connectivity index is 1.56. The molecule has 3 rings (SSSR count). The highest BCUT2D eigenvalue weighted by Crippen LogP contribution is 2.23. The van der Waals surface area contributed by atoms with E-state index in [1.165, 1.54) is 18.2 Å². The molecule has 27 heavy (non-hydrogen) atoms. The van der Waals surface area contributed by atoms with Gasteiger partial charge in [-0.25, -0.2) is 4.79 Å². The number of aromatic nitrogens is 1. The number of nitrogens with zero attached hydrogens (tertiary/aromatic N) is 1. The zero-order chi connectivity index (χ0) is 19.4. The molecule has 2 aromatic carbocycles. The number of carbonyl (C=O) groups excluding carboxylic acids is 2. The van der Waals surface area contributed by atoms with Crippen LogP contribution in [0.5, 0.6) is 5.75 Å². The van der Waals surface area contributed by atoms with Crippen molar-refractivity contribution >= 4 is 29.4 Å². The van der Waals surface area contributed by atoms with Gasteiger partial charge >= 0.3 is 5.97 Å². The summed E-state index contributed by atoms with van der Waals surface area (Å²) < 4.78 is 9.94. The second-order valence-corrected chi connectivity index (χ2v) is 6.16. The van der Waals surface area contributed by atoms with Crippen LogP contribution in [0.25, 0.3) is 11.3 Å². The average Bonchev–Trinajstić information content (AvgIpc) is 3.08. The van der Waals surface area contributed by atoms with Crippen molar-refractivity contribution in [3.05, 3.63) is 64.7 Å². The predicted molar refractivity (Wildman–Crippen MR) is 98.7 cm³/mol. The maximum atomic E-state index is 11.9. The normalized spacial score (nSPS) is 10.4. The van der Waals surface area contributed by atoms with Gasteiger partial charge in [-0.05, 0) is 25.1 Å². The Kier molecular flexibility index (Phi) is 5.42. The number of anilines is 1. The Morgan fingerprint density at radius 1 is 1.19 bits per heavy atom. The van der Waals surface area contributed by atoms with Crippen LogP contribution in [0.2, 0.25) is 5.02 Å². The van der Waals surface area contributed by atoms with Gasteiger partial charge in [0.2, 0.25) is 5.88 Å². The van der Waals surface area contributed by atoms with Gasteiger partial charge in [0.1, 0.15) is 17.0 Å². The minimum atomic E-state index is -0.850. The number of esters is 1. The second kappa shape index (κ2) is 7.92. The molecule has 0 aliphatic heterocycles. The number of aryl methyl sites for hydroxylation is 1. The van der Waals surface area contributed by atoms with Crippen molar-refractivity contribution in [2.45, 2.75) is 6.92 Å². The van der Waals surface area contributed by atoms with Crippen LogP contribution in [0.1, 0.15) is 15.9 Å². The SMILES string of the molecule is Cc1ccc(-c2cc(NC(=O)COC(=O)c3ccc(Cl)cc3O)on2)cc1. The molecule has 0 aliphatic carbocycles. The average molecular weight is 387 g/mol. The molecule has 1 amide bonds. The van der Waals surface area contributed by atoms with Crippen LogP contribution in [0.3, 0.4) is 0 Å². The van der Waals surface area contributed by atoms with Gasteiger partial charge in [-0.3, -0.25) is 10.1 Å². The molecule has 3 aromatic rings. The number of aromatic hydroxyl groups is 1. The molecule has 2 N–H and O–H groups in total. The topological polar surface area (TPSA) is 102 Å². The van der Waals surface area contributed by atoms with E-state index in [0.29, 0.717) is 5.69 Å². The maximum Gasteiger partial charge on any atom is 0.342 e. The first-order valence-electron chi connectivity index (χ1n) is 7.91. The van der Waals surface area contributed by atoms with Gasteiger partial charge in [0, 0.05) is 16.7 Å². The van der Waals surface area contributed by atoms with Gasteiger partial charge < -0.3 is 14.4 Å². The standard InChI is InChI=1S/C19H15ClN2O5/c1-11-2-4-12(5-3-11)15-9-18(27-22-15)21-17(24)10-26-19(25)14-7-6-13(20)8-16(14)23/h2-9,23H,10H2,1H3,(H,21,24). The lowest BCUT2D eigenvalue weighted by atomic mass is 10.1. The largest absolute Gasteiger partial charge is 0.507 e. The van der Waals surface area contributed by atoms with E-state index in [9.17, 15) is 14.7 Å². The van der Waals surface area contributed by atoms with E-state index < -0.39 is 18.5 Å². The second-order valence-electron chi connectivity index (χ2n) is 5.73. The number of rotatable bonds is 5. The van der Waals surface area contributed by atoms with E-state index >= 15 is 0 Å². The van der Waals surface area contributed by atoms with Crippen molar-refractivity contribution in [2.24, 2.45) is 0 Å². The molecule has 1 aromatic heterocycles. The zero-order valence-corrected chi connectivity index (χ0v) is 15.0. The number of halogens is 1. The number of phenols is 1. The van der Waals surface area contributed by atoms with Gasteiger partial charge in [-0.2, -0.15) is 0 Å². The molecule has 0 bridgehead atoms. The number of amides is 1. The van der Waals surface area contributed by atoms with E-state index in [1.807, 2.05) is 31.2 Å². The van der Waals surface area contributed by atoms with Crippen LogP contribution >= 0.6 is 11.6 Å². The summed E-state index contributed by atoms with van der Waals surface area (Å²) >= 11 is 5.70. The number of hydrogen-bond acceptors (Lipinski definition) is 6. The molecule has 0 spiro atoms. The molecule has 8 heteroatoms. The Hall–Kier alpha value is -3.32. The van der Waals surface area contributed by atoms with Crippen molar-refractivity contribution in [1.29, 1.82) is 0 Å². The molecule has 138 valence electrons. The smallest absolute Gasteiger partial charge is 0.342 e. The van der Waals surface area contributed by atoms with E-state index in [1.54, 1.807) is 6.07 Å². The highest BCUT2D eigenvalue weighted by molar-refractivity contribution is 6.30. The third kappa shape index (κ3) is 4.65. The molecular formula is C19H15ClN2O5. The lowest BCUT2D eigenvalue weighted by Gasteiger charge is -2.06. The van der Waals surface area contributed by atoms with Gasteiger partial charge in [0.25, 0.3) is 5.91 Å². The molecule has 7 nitrogen and oxygen atoms in total. The summed E-state index contributed by atoms with van der Waals surface area (Å²) in [6.45, 7) is 1.42. The summed E-state index contributed by atoms with van der Waals surface area (Å²) in [4.78, 5) is 23.8. The summed E-state index contributed by atoms with van der Waals surface area (Å²) in [5, 5.41) is 16.3. The number of benzene rings is 2. The molecule has 0 fully saturated rings. The minimum Gasteiger partial charge on any atom is -0.507 e. The van der Waals surface area contributed by atoms with E-state index in [4.69, 9.17) is 20.9 Å². The Morgan fingerprint density at radius 2 is 1.93 bits per heavy atom. The van der Waals surface area contributed by atoms with Gasteiger partial charge in [-0.15, -0.1) is 0 Å². The van der Waals surface area contributed by atoms with Crippen LogP contribution in [0.4, 0.5) is 5.88 Å². The number of nitrogens with one attached hydrogen (secondary N) is 1. The third-order valence-corrected chi connectivity index (χ3v) is 3.87. The van der Waals surface area contributed by atoms with Crippen LogP contribution in [0, 0.1) is 6.92 Å². The first-order chi connectivity index (χ1) is 12.9. The van der Waals surface area contributed by atoms with Crippen molar-refractivity contribution in [3.63, 3.8) is 0 Å². The summed E-state index contributed by atoms with van der Waals surface area (Å²) in [7, 11) is 0. The summed E-state index contributed by atoms with van der Waals surface area (Å²) in [5.41, 5.74) is 2.43. The molecule has 0 atom stereocenters. The van der Waals surface area contributed by atoms with Crippen molar-refractivity contribution in [2.75, 3.05) is 11.9 Å². The van der Waals surface area contributed by atoms with Crippen LogP contribution in [-0.2, 0) is 9.53 Å². The maximum absolute atomic E-state index is 11.9. The highest BCUT2D eigenvalue weighted by atomic mass is 35.5.